The van der Waals surface area contributed by atoms with E-state index in [9.17, 15) is 4.79 Å². The topological polar surface area (TPSA) is 17.1 Å². The van der Waals surface area contributed by atoms with Gasteiger partial charge in [-0.1, -0.05) is 20.8 Å². The van der Waals surface area contributed by atoms with E-state index in [0.717, 1.165) is 6.42 Å². The van der Waals surface area contributed by atoms with E-state index in [0.29, 0.717) is 0 Å². The van der Waals surface area contributed by atoms with E-state index in [4.69, 9.17) is 11.6 Å². The first-order valence-corrected chi connectivity index (χ1v) is 3.67. The van der Waals surface area contributed by atoms with Gasteiger partial charge in [0.1, 0.15) is 0 Å². The van der Waals surface area contributed by atoms with Crippen molar-refractivity contribution in [2.75, 3.05) is 5.88 Å². The Hall–Kier alpha value is -0.0400. The smallest absolute Gasteiger partial charge is 0.153 e. The lowest BCUT2D eigenvalue weighted by atomic mass is 9.86. The van der Waals surface area contributed by atoms with Gasteiger partial charge in [0.25, 0.3) is 0 Å². The van der Waals surface area contributed by atoms with Gasteiger partial charge in [-0.2, -0.15) is 0 Å². The second-order valence-electron chi connectivity index (χ2n) is 2.79. The average Bonchev–Trinajstić information content (AvgIpc) is 1.86. The van der Waals surface area contributed by atoms with Crippen molar-refractivity contribution in [3.63, 3.8) is 0 Å². The van der Waals surface area contributed by atoms with Gasteiger partial charge in [0.2, 0.25) is 0 Å². The van der Waals surface area contributed by atoms with Crippen molar-refractivity contribution in [3.8, 4) is 0 Å². The molecule has 0 aromatic heterocycles. The summed E-state index contributed by atoms with van der Waals surface area (Å²) >= 11 is 5.37. The van der Waals surface area contributed by atoms with Crippen molar-refractivity contribution in [2.45, 2.75) is 27.2 Å². The molecule has 0 radical (unpaired) electrons. The Morgan fingerprint density at radius 3 is 2.11 bits per heavy atom. The number of carbonyl (C=O) groups excluding carboxylic acids is 1. The Morgan fingerprint density at radius 2 is 2.00 bits per heavy atom. The maximum Gasteiger partial charge on any atom is 0.153 e. The van der Waals surface area contributed by atoms with E-state index in [2.05, 4.69) is 0 Å². The van der Waals surface area contributed by atoms with E-state index >= 15 is 0 Å². The molecule has 0 saturated heterocycles. The predicted molar refractivity (Wildman–Crippen MR) is 39.8 cm³/mol. The van der Waals surface area contributed by atoms with Crippen molar-refractivity contribution >= 4 is 17.4 Å². The van der Waals surface area contributed by atoms with Crippen LogP contribution in [0.2, 0.25) is 0 Å². The number of alkyl halides is 1. The fourth-order valence-corrected chi connectivity index (χ4v) is 0.740. The summed E-state index contributed by atoms with van der Waals surface area (Å²) in [5.41, 5.74) is -0.220. The standard InChI is InChI=1S/C7H13ClO/c1-4-7(2,3)6(9)5-8/h4-5H2,1-3H3. The van der Waals surface area contributed by atoms with Gasteiger partial charge in [0.15, 0.2) is 5.78 Å². The number of hydrogen-bond acceptors (Lipinski definition) is 1. The highest BCUT2D eigenvalue weighted by atomic mass is 35.5. The van der Waals surface area contributed by atoms with Crippen LogP contribution in [0.4, 0.5) is 0 Å². The molecule has 1 nitrogen and oxygen atoms in total. The van der Waals surface area contributed by atoms with Gasteiger partial charge in [-0.25, -0.2) is 0 Å². The normalized spacial score (nSPS) is 11.6. The van der Waals surface area contributed by atoms with Crippen molar-refractivity contribution in [3.05, 3.63) is 0 Å². The number of Topliss-reactive ketones (excluding diaryl/α,β-unsaturated/α-hetero) is 1. The van der Waals surface area contributed by atoms with E-state index in [1.165, 1.54) is 0 Å². The molecular weight excluding hydrogens is 136 g/mol. The van der Waals surface area contributed by atoms with E-state index in [1.807, 2.05) is 20.8 Å². The van der Waals surface area contributed by atoms with Crippen LogP contribution in [0.15, 0.2) is 0 Å². The monoisotopic (exact) mass is 148 g/mol. The summed E-state index contributed by atoms with van der Waals surface area (Å²) in [6.45, 7) is 5.82. The first-order chi connectivity index (χ1) is 4.04. The van der Waals surface area contributed by atoms with Crippen molar-refractivity contribution in [2.24, 2.45) is 5.41 Å². The Kier molecular flexibility index (Phi) is 3.20. The summed E-state index contributed by atoms with van der Waals surface area (Å²) in [7, 11) is 0. The molecular formula is C7H13ClO. The third kappa shape index (κ3) is 2.35. The second kappa shape index (κ2) is 3.21. The number of carbonyl (C=O) groups is 1. The third-order valence-electron chi connectivity index (χ3n) is 1.76. The number of rotatable bonds is 3. The zero-order chi connectivity index (χ0) is 7.49. The molecule has 0 aliphatic heterocycles. The van der Waals surface area contributed by atoms with Crippen LogP contribution in [0, 0.1) is 5.41 Å². The van der Waals surface area contributed by atoms with Crippen LogP contribution < -0.4 is 0 Å². The van der Waals surface area contributed by atoms with Crippen molar-refractivity contribution in [1.82, 2.24) is 0 Å². The molecule has 0 bridgehead atoms. The molecule has 0 fully saturated rings. The van der Waals surface area contributed by atoms with Gasteiger partial charge >= 0.3 is 0 Å². The molecule has 0 aliphatic rings. The molecule has 0 aromatic rings. The highest BCUT2D eigenvalue weighted by Gasteiger charge is 2.23. The predicted octanol–water partition coefficient (Wildman–Crippen LogP) is 2.23. The fourth-order valence-electron chi connectivity index (χ4n) is 0.378. The minimum Gasteiger partial charge on any atom is -0.298 e. The molecule has 54 valence electrons. The molecule has 2 heteroatoms. The van der Waals surface area contributed by atoms with Gasteiger partial charge in [-0.3, -0.25) is 4.79 Å². The maximum absolute atomic E-state index is 10.9. The Morgan fingerprint density at radius 1 is 1.56 bits per heavy atom. The van der Waals surface area contributed by atoms with Crippen LogP contribution in [-0.2, 0) is 4.79 Å². The molecule has 0 unspecified atom stereocenters. The SMILES string of the molecule is CCC(C)(C)C(=O)CCl. The lowest BCUT2D eigenvalue weighted by Crippen LogP contribution is -2.24. The fraction of sp³-hybridized carbons (Fsp3) is 0.857. The van der Waals surface area contributed by atoms with Gasteiger partial charge in [0.05, 0.1) is 5.88 Å². The van der Waals surface area contributed by atoms with Gasteiger partial charge in [0, 0.05) is 5.41 Å². The third-order valence-corrected chi connectivity index (χ3v) is 2.00. The molecule has 0 amide bonds. The van der Waals surface area contributed by atoms with E-state index < -0.39 is 0 Å². The van der Waals surface area contributed by atoms with Gasteiger partial charge < -0.3 is 0 Å². The molecule has 9 heavy (non-hydrogen) atoms. The largest absolute Gasteiger partial charge is 0.298 e. The Balaban J connectivity index is 3.97. The quantitative estimate of drug-likeness (QED) is 0.561. The summed E-state index contributed by atoms with van der Waals surface area (Å²) in [6, 6.07) is 0. The molecule has 0 atom stereocenters. The summed E-state index contributed by atoms with van der Waals surface area (Å²) in [6.07, 6.45) is 0.860. The lowest BCUT2D eigenvalue weighted by Gasteiger charge is -2.18. The van der Waals surface area contributed by atoms with Gasteiger partial charge in [-0.15, -0.1) is 11.6 Å². The Bertz CT molecular complexity index is 107. The highest BCUT2D eigenvalue weighted by Crippen LogP contribution is 2.20. The summed E-state index contributed by atoms with van der Waals surface area (Å²) < 4.78 is 0. The number of hydrogen-bond donors (Lipinski definition) is 0. The van der Waals surface area contributed by atoms with Crippen molar-refractivity contribution in [1.29, 1.82) is 0 Å². The lowest BCUT2D eigenvalue weighted by molar-refractivity contribution is -0.124. The maximum atomic E-state index is 10.9. The Labute approximate surface area is 61.4 Å². The first kappa shape index (κ1) is 8.96. The van der Waals surface area contributed by atoms with Crippen LogP contribution in [-0.4, -0.2) is 11.7 Å². The van der Waals surface area contributed by atoms with E-state index in [1.54, 1.807) is 0 Å². The first-order valence-electron chi connectivity index (χ1n) is 3.14. The van der Waals surface area contributed by atoms with Crippen LogP contribution >= 0.6 is 11.6 Å². The summed E-state index contributed by atoms with van der Waals surface area (Å²) in [4.78, 5) is 10.9. The van der Waals surface area contributed by atoms with Crippen LogP contribution in [0.3, 0.4) is 0 Å². The molecule has 0 aromatic carbocycles. The summed E-state index contributed by atoms with van der Waals surface area (Å²) in [5, 5.41) is 0. The molecule has 0 saturated carbocycles. The minimum absolute atomic E-state index is 0.131. The molecule has 0 aliphatic carbocycles. The van der Waals surface area contributed by atoms with Crippen LogP contribution in [0.5, 0.6) is 0 Å². The molecule has 0 heterocycles. The van der Waals surface area contributed by atoms with Gasteiger partial charge in [-0.05, 0) is 6.42 Å². The second-order valence-corrected chi connectivity index (χ2v) is 3.06. The molecule has 0 spiro atoms. The van der Waals surface area contributed by atoms with Crippen molar-refractivity contribution < 1.29 is 4.79 Å². The zero-order valence-electron chi connectivity index (χ0n) is 6.20. The molecule has 0 rings (SSSR count). The van der Waals surface area contributed by atoms with Crippen LogP contribution in [0.25, 0.3) is 0 Å². The zero-order valence-corrected chi connectivity index (χ0v) is 6.96. The molecule has 0 N–H and O–H groups in total. The number of halogens is 1. The van der Waals surface area contributed by atoms with E-state index in [-0.39, 0.29) is 17.1 Å². The summed E-state index contributed by atoms with van der Waals surface area (Å²) in [5.74, 6) is 0.271. The highest BCUT2D eigenvalue weighted by molar-refractivity contribution is 6.28. The number of ketones is 1. The van der Waals surface area contributed by atoms with Crippen LogP contribution in [0.1, 0.15) is 27.2 Å². The average molecular weight is 149 g/mol. The minimum atomic E-state index is -0.220.